The van der Waals surface area contributed by atoms with Crippen LogP contribution in [0, 0.1) is 13.8 Å². The molecule has 0 aliphatic carbocycles. The van der Waals surface area contributed by atoms with E-state index in [9.17, 15) is 4.79 Å². The molecule has 0 bridgehead atoms. The highest BCUT2D eigenvalue weighted by Gasteiger charge is 2.07. The summed E-state index contributed by atoms with van der Waals surface area (Å²) in [6.45, 7) is 3.79. The number of carbonyl (C=O) groups is 1. The lowest BCUT2D eigenvalue weighted by atomic mass is 10.2. The molecule has 2 aromatic carbocycles. The average Bonchev–Trinajstić information content (AvgIpc) is 2.65. The van der Waals surface area contributed by atoms with Crippen LogP contribution in [-0.2, 0) is 0 Å². The van der Waals surface area contributed by atoms with Crippen molar-refractivity contribution in [3.63, 3.8) is 0 Å². The molecule has 1 heterocycles. The molecule has 8 heteroatoms. The summed E-state index contributed by atoms with van der Waals surface area (Å²) >= 11 is 6.15. The number of carbonyl (C=O) groups excluding carboxylic acids is 1. The number of aryl methyl sites for hydroxylation is 2. The molecule has 7 nitrogen and oxygen atoms in total. The van der Waals surface area contributed by atoms with E-state index in [4.69, 9.17) is 11.6 Å². The molecule has 2 amide bonds. The van der Waals surface area contributed by atoms with E-state index in [0.29, 0.717) is 28.0 Å². The molecule has 0 atom stereocenters. The SMILES string of the molecule is Cc1ccc(NC(=O)Nc2ccc(Nc3cc(N(C)C)nc(C)n3)cc2)c(Cl)c1. The third-order valence-corrected chi connectivity index (χ3v) is 4.38. The molecule has 0 aliphatic heterocycles. The normalized spacial score (nSPS) is 10.4. The number of hydrogen-bond acceptors (Lipinski definition) is 5. The molecule has 0 unspecified atom stereocenters. The van der Waals surface area contributed by atoms with E-state index < -0.39 is 0 Å². The van der Waals surface area contributed by atoms with E-state index in [2.05, 4.69) is 25.9 Å². The highest BCUT2D eigenvalue weighted by molar-refractivity contribution is 6.33. The van der Waals surface area contributed by atoms with Gasteiger partial charge in [-0.2, -0.15) is 0 Å². The van der Waals surface area contributed by atoms with Gasteiger partial charge in [0.1, 0.15) is 17.5 Å². The van der Waals surface area contributed by atoms with Crippen molar-refractivity contribution in [2.45, 2.75) is 13.8 Å². The lowest BCUT2D eigenvalue weighted by Crippen LogP contribution is -2.19. The van der Waals surface area contributed by atoms with Gasteiger partial charge in [0, 0.05) is 31.5 Å². The van der Waals surface area contributed by atoms with Gasteiger partial charge in [0.2, 0.25) is 0 Å². The summed E-state index contributed by atoms with van der Waals surface area (Å²) in [5.74, 6) is 2.21. The van der Waals surface area contributed by atoms with E-state index in [1.54, 1.807) is 24.3 Å². The van der Waals surface area contributed by atoms with Crippen molar-refractivity contribution in [1.29, 1.82) is 0 Å². The largest absolute Gasteiger partial charge is 0.363 e. The van der Waals surface area contributed by atoms with Crippen LogP contribution >= 0.6 is 11.6 Å². The zero-order chi connectivity index (χ0) is 21.0. The van der Waals surface area contributed by atoms with E-state index in [1.807, 2.05) is 57.1 Å². The number of urea groups is 1. The van der Waals surface area contributed by atoms with Gasteiger partial charge in [-0.15, -0.1) is 0 Å². The number of anilines is 5. The summed E-state index contributed by atoms with van der Waals surface area (Å²) in [5, 5.41) is 9.28. The van der Waals surface area contributed by atoms with Gasteiger partial charge in [0.15, 0.2) is 0 Å². The quantitative estimate of drug-likeness (QED) is 0.538. The molecular formula is C21H23ClN6O. The van der Waals surface area contributed by atoms with E-state index in [-0.39, 0.29) is 6.03 Å². The summed E-state index contributed by atoms with van der Waals surface area (Å²) in [4.78, 5) is 22.9. The third-order valence-electron chi connectivity index (χ3n) is 4.07. The first-order valence-electron chi connectivity index (χ1n) is 9.04. The van der Waals surface area contributed by atoms with E-state index in [1.165, 1.54) is 0 Å². The number of benzene rings is 2. The Kier molecular flexibility index (Phi) is 6.19. The average molecular weight is 411 g/mol. The zero-order valence-corrected chi connectivity index (χ0v) is 17.5. The van der Waals surface area contributed by atoms with Crippen LogP contribution in [0.1, 0.15) is 11.4 Å². The van der Waals surface area contributed by atoms with Crippen LogP contribution < -0.4 is 20.9 Å². The molecular weight excluding hydrogens is 388 g/mol. The maximum Gasteiger partial charge on any atom is 0.323 e. The van der Waals surface area contributed by atoms with Crippen molar-refractivity contribution in [1.82, 2.24) is 9.97 Å². The van der Waals surface area contributed by atoms with Crippen LogP contribution in [0.5, 0.6) is 0 Å². The number of hydrogen-bond donors (Lipinski definition) is 3. The minimum Gasteiger partial charge on any atom is -0.363 e. The molecule has 150 valence electrons. The van der Waals surface area contributed by atoms with Crippen molar-refractivity contribution < 1.29 is 4.79 Å². The zero-order valence-electron chi connectivity index (χ0n) is 16.7. The predicted octanol–water partition coefficient (Wildman–Crippen LogP) is 5.20. The first-order valence-corrected chi connectivity index (χ1v) is 9.42. The monoisotopic (exact) mass is 410 g/mol. The smallest absolute Gasteiger partial charge is 0.323 e. The number of nitrogens with one attached hydrogen (secondary N) is 3. The fourth-order valence-corrected chi connectivity index (χ4v) is 2.92. The Morgan fingerprint density at radius 1 is 0.931 bits per heavy atom. The molecule has 0 fully saturated rings. The van der Waals surface area contributed by atoms with E-state index in [0.717, 1.165) is 17.1 Å². The molecule has 3 aromatic rings. The lowest BCUT2D eigenvalue weighted by molar-refractivity contribution is 0.262. The second-order valence-corrected chi connectivity index (χ2v) is 7.22. The minimum absolute atomic E-state index is 0.362. The van der Waals surface area contributed by atoms with Crippen molar-refractivity contribution in [3.8, 4) is 0 Å². The van der Waals surface area contributed by atoms with Gasteiger partial charge in [0.05, 0.1) is 10.7 Å². The van der Waals surface area contributed by atoms with Crippen LogP contribution in [0.4, 0.5) is 33.5 Å². The third kappa shape index (κ3) is 5.58. The second-order valence-electron chi connectivity index (χ2n) is 6.82. The molecule has 3 N–H and O–H groups in total. The molecule has 3 rings (SSSR count). The Hall–Kier alpha value is -3.32. The number of aromatic nitrogens is 2. The number of halogens is 1. The summed E-state index contributed by atoms with van der Waals surface area (Å²) in [6, 6.07) is 14.3. The van der Waals surface area contributed by atoms with Gasteiger partial charge in [0.25, 0.3) is 0 Å². The summed E-state index contributed by atoms with van der Waals surface area (Å²) in [7, 11) is 3.86. The molecule has 0 aliphatic rings. The molecule has 0 saturated heterocycles. The Bertz CT molecular complexity index is 1020. The number of nitrogens with zero attached hydrogens (tertiary/aromatic N) is 3. The summed E-state index contributed by atoms with van der Waals surface area (Å²) in [6.07, 6.45) is 0. The number of amides is 2. The van der Waals surface area contributed by atoms with Crippen molar-refractivity contribution in [2.75, 3.05) is 34.9 Å². The molecule has 0 spiro atoms. The topological polar surface area (TPSA) is 82.2 Å². The fourth-order valence-electron chi connectivity index (χ4n) is 2.64. The second kappa shape index (κ2) is 8.79. The molecule has 0 saturated carbocycles. The first-order chi connectivity index (χ1) is 13.8. The van der Waals surface area contributed by atoms with Crippen LogP contribution in [0.3, 0.4) is 0 Å². The standard InChI is InChI=1S/C21H23ClN6O/c1-13-5-10-18(17(22)11-13)27-21(29)26-16-8-6-15(7-9-16)25-19-12-20(28(3)4)24-14(2)23-19/h5-12H,1-4H3,(H,23,24,25)(H2,26,27,29). The van der Waals surface area contributed by atoms with Crippen molar-refractivity contribution in [3.05, 3.63) is 64.9 Å². The first kappa shape index (κ1) is 20.4. The lowest BCUT2D eigenvalue weighted by Gasteiger charge is -2.14. The van der Waals surface area contributed by atoms with Crippen molar-refractivity contribution in [2.24, 2.45) is 0 Å². The van der Waals surface area contributed by atoms with Gasteiger partial charge in [-0.3, -0.25) is 0 Å². The van der Waals surface area contributed by atoms with Gasteiger partial charge in [-0.05, 0) is 55.8 Å². The predicted molar refractivity (Wildman–Crippen MR) is 120 cm³/mol. The van der Waals surface area contributed by atoms with Gasteiger partial charge in [-0.1, -0.05) is 17.7 Å². The molecule has 29 heavy (non-hydrogen) atoms. The highest BCUT2D eigenvalue weighted by Crippen LogP contribution is 2.24. The maximum absolute atomic E-state index is 12.2. The molecule has 1 aromatic heterocycles. The minimum atomic E-state index is -0.362. The van der Waals surface area contributed by atoms with E-state index >= 15 is 0 Å². The highest BCUT2D eigenvalue weighted by atomic mass is 35.5. The summed E-state index contributed by atoms with van der Waals surface area (Å²) in [5.41, 5.74) is 3.09. The van der Waals surface area contributed by atoms with Crippen molar-refractivity contribution >= 4 is 46.3 Å². The Morgan fingerprint density at radius 2 is 1.62 bits per heavy atom. The van der Waals surface area contributed by atoms with Crippen LogP contribution in [-0.4, -0.2) is 30.1 Å². The van der Waals surface area contributed by atoms with Gasteiger partial charge < -0.3 is 20.9 Å². The van der Waals surface area contributed by atoms with Crippen LogP contribution in [0.2, 0.25) is 5.02 Å². The molecule has 0 radical (unpaired) electrons. The Morgan fingerprint density at radius 3 is 2.28 bits per heavy atom. The number of rotatable bonds is 5. The van der Waals surface area contributed by atoms with Gasteiger partial charge >= 0.3 is 6.03 Å². The summed E-state index contributed by atoms with van der Waals surface area (Å²) < 4.78 is 0. The van der Waals surface area contributed by atoms with Crippen LogP contribution in [0.15, 0.2) is 48.5 Å². The fraction of sp³-hybridized carbons (Fsp3) is 0.190. The Labute approximate surface area is 175 Å². The Balaban J connectivity index is 1.63. The maximum atomic E-state index is 12.2. The van der Waals surface area contributed by atoms with Crippen LogP contribution in [0.25, 0.3) is 0 Å². The van der Waals surface area contributed by atoms with Gasteiger partial charge in [-0.25, -0.2) is 14.8 Å².